The predicted octanol–water partition coefficient (Wildman–Crippen LogP) is 3.97. The number of hydrogen-bond donors (Lipinski definition) is 1. The molecule has 1 aliphatic rings. The quantitative estimate of drug-likeness (QED) is 0.246. The average Bonchev–Trinajstić information content (AvgIpc) is 3.31. The van der Waals surface area contributed by atoms with E-state index < -0.39 is 41.8 Å². The van der Waals surface area contributed by atoms with Crippen molar-refractivity contribution in [2.45, 2.75) is 52.2 Å². The number of allylic oxidation sites excluding steroid dienone is 1. The molecule has 0 aromatic heterocycles. The van der Waals surface area contributed by atoms with Crippen molar-refractivity contribution in [1.82, 2.24) is 4.90 Å². The Morgan fingerprint density at radius 2 is 1.82 bits per heavy atom. The molecule has 206 valence electrons. The van der Waals surface area contributed by atoms with Crippen molar-refractivity contribution in [3.8, 4) is 0 Å². The van der Waals surface area contributed by atoms with Crippen LogP contribution >= 0.6 is 0 Å². The monoisotopic (exact) mass is 535 g/mol. The van der Waals surface area contributed by atoms with Crippen molar-refractivity contribution >= 4 is 35.1 Å². The van der Waals surface area contributed by atoms with Crippen LogP contribution in [0.15, 0.2) is 60.7 Å². The minimum absolute atomic E-state index is 0.0484. The second kappa shape index (κ2) is 13.6. The number of cyclic esters (lactones) is 1. The number of benzene rings is 2. The minimum atomic E-state index is -1.58. The molecule has 1 heterocycles. The van der Waals surface area contributed by atoms with E-state index in [1.807, 2.05) is 13.0 Å². The summed E-state index contributed by atoms with van der Waals surface area (Å²) in [4.78, 5) is 65.7. The van der Waals surface area contributed by atoms with E-state index >= 15 is 0 Å². The highest BCUT2D eigenvalue weighted by atomic mass is 16.6. The van der Waals surface area contributed by atoms with Gasteiger partial charge in [-0.2, -0.15) is 0 Å². The van der Waals surface area contributed by atoms with E-state index in [2.05, 4.69) is 0 Å². The molecule has 9 nitrogen and oxygen atoms in total. The third kappa shape index (κ3) is 7.48. The third-order valence-corrected chi connectivity index (χ3v) is 6.44. The maximum atomic E-state index is 13.5. The summed E-state index contributed by atoms with van der Waals surface area (Å²) in [5.41, 5.74) is 2.16. The molecule has 3 rings (SSSR count). The van der Waals surface area contributed by atoms with Gasteiger partial charge in [-0.15, -0.1) is 0 Å². The highest BCUT2D eigenvalue weighted by Gasteiger charge is 2.44. The number of nitrogens with zero attached hydrogens (tertiary/aromatic N) is 1. The van der Waals surface area contributed by atoms with Gasteiger partial charge in [0, 0.05) is 25.5 Å². The lowest BCUT2D eigenvalue weighted by molar-refractivity contribution is -0.158. The number of carbonyl (C=O) groups excluding carboxylic acids is 5. The van der Waals surface area contributed by atoms with E-state index in [1.54, 1.807) is 48.5 Å². The van der Waals surface area contributed by atoms with E-state index in [4.69, 9.17) is 14.6 Å². The van der Waals surface area contributed by atoms with Gasteiger partial charge in [-0.05, 0) is 43.9 Å². The van der Waals surface area contributed by atoms with Crippen molar-refractivity contribution in [3.05, 3.63) is 77.4 Å². The number of imide groups is 1. The molecule has 2 amide bonds. The van der Waals surface area contributed by atoms with Gasteiger partial charge in [-0.3, -0.25) is 19.2 Å². The van der Waals surface area contributed by atoms with Crippen LogP contribution in [0.25, 0.3) is 5.57 Å². The number of aryl methyl sites for hydroxylation is 1. The van der Waals surface area contributed by atoms with Gasteiger partial charge in [0.25, 0.3) is 0 Å². The second-order valence-electron chi connectivity index (χ2n) is 9.46. The normalized spacial score (nSPS) is 16.8. The Morgan fingerprint density at radius 1 is 1.10 bits per heavy atom. The molecule has 1 aliphatic heterocycles. The van der Waals surface area contributed by atoms with Gasteiger partial charge in [-0.1, -0.05) is 60.2 Å². The molecule has 1 fully saturated rings. The van der Waals surface area contributed by atoms with Crippen LogP contribution < -0.4 is 0 Å². The molecule has 39 heavy (non-hydrogen) atoms. The molecule has 0 unspecified atom stereocenters. The van der Waals surface area contributed by atoms with Crippen LogP contribution in [-0.4, -0.2) is 58.9 Å². The van der Waals surface area contributed by atoms with Crippen molar-refractivity contribution < 1.29 is 38.6 Å². The lowest BCUT2D eigenvalue weighted by Crippen LogP contribution is -2.45. The average molecular weight is 536 g/mol. The van der Waals surface area contributed by atoms with Gasteiger partial charge in [0.2, 0.25) is 5.91 Å². The highest BCUT2D eigenvalue weighted by Crippen LogP contribution is 2.31. The Hall–Kier alpha value is -4.11. The first-order valence-electron chi connectivity index (χ1n) is 12.8. The van der Waals surface area contributed by atoms with E-state index in [1.165, 1.54) is 6.92 Å². The molecule has 3 atom stereocenters. The number of unbranched alkanes of at least 4 members (excludes halogenated alkanes) is 1. The Balaban J connectivity index is 1.95. The Morgan fingerprint density at radius 3 is 2.46 bits per heavy atom. The van der Waals surface area contributed by atoms with Gasteiger partial charge >= 0.3 is 12.1 Å². The highest BCUT2D eigenvalue weighted by molar-refractivity contribution is 6.25. The van der Waals surface area contributed by atoms with E-state index in [9.17, 15) is 24.0 Å². The molecular weight excluding hydrogens is 502 g/mol. The summed E-state index contributed by atoms with van der Waals surface area (Å²) in [7, 11) is 0. The minimum Gasteiger partial charge on any atom is -0.453 e. The summed E-state index contributed by atoms with van der Waals surface area (Å²) in [6.07, 6.45) is -0.387. The number of carbonyl (C=O) groups is 5. The number of Topliss-reactive ketones (excluding diaryl/α,β-unsaturated/α-hetero) is 1. The topological polar surface area (TPSA) is 127 Å². The predicted molar refractivity (Wildman–Crippen MR) is 142 cm³/mol. The molecule has 0 saturated carbocycles. The molecule has 1 N–H and O–H groups in total. The Kier molecular flexibility index (Phi) is 10.3. The summed E-state index contributed by atoms with van der Waals surface area (Å²) < 4.78 is 10.4. The van der Waals surface area contributed by atoms with E-state index in [-0.39, 0.29) is 31.0 Å². The molecule has 0 radical (unpaired) electrons. The van der Waals surface area contributed by atoms with E-state index in [0.29, 0.717) is 24.0 Å². The van der Waals surface area contributed by atoms with Gasteiger partial charge in [0.05, 0.1) is 5.92 Å². The Bertz CT molecular complexity index is 1250. The van der Waals surface area contributed by atoms with Crippen molar-refractivity contribution in [2.75, 3.05) is 13.2 Å². The zero-order valence-corrected chi connectivity index (χ0v) is 22.3. The first kappa shape index (κ1) is 29.4. The number of aliphatic hydroxyl groups is 1. The largest absolute Gasteiger partial charge is 0.453 e. The number of amides is 2. The van der Waals surface area contributed by atoms with Crippen LogP contribution in [0.1, 0.15) is 55.8 Å². The second-order valence-corrected chi connectivity index (χ2v) is 9.46. The van der Waals surface area contributed by atoms with Crippen LogP contribution in [0.5, 0.6) is 0 Å². The van der Waals surface area contributed by atoms with Crippen LogP contribution in [-0.2, 0) is 28.7 Å². The maximum Gasteiger partial charge on any atom is 0.417 e. The van der Waals surface area contributed by atoms with Gasteiger partial charge in [0.1, 0.15) is 12.6 Å². The maximum absolute atomic E-state index is 13.5. The fourth-order valence-electron chi connectivity index (χ4n) is 4.41. The molecule has 2 aromatic rings. The van der Waals surface area contributed by atoms with Crippen molar-refractivity contribution in [1.29, 1.82) is 0 Å². The number of esters is 1. The fraction of sp³-hybridized carbons (Fsp3) is 0.367. The van der Waals surface area contributed by atoms with Crippen molar-refractivity contribution in [2.24, 2.45) is 5.92 Å². The summed E-state index contributed by atoms with van der Waals surface area (Å²) in [6.45, 7) is 4.24. The summed E-state index contributed by atoms with van der Waals surface area (Å²) >= 11 is 0. The third-order valence-electron chi connectivity index (χ3n) is 6.44. The molecular formula is C30H33NO8. The molecule has 0 aliphatic carbocycles. The molecule has 0 spiro atoms. The molecule has 2 aromatic carbocycles. The van der Waals surface area contributed by atoms with Crippen LogP contribution in [0.4, 0.5) is 4.79 Å². The van der Waals surface area contributed by atoms with Crippen LogP contribution in [0.2, 0.25) is 0 Å². The van der Waals surface area contributed by atoms with E-state index in [0.717, 1.165) is 23.5 Å². The lowest BCUT2D eigenvalue weighted by atomic mass is 9.92. The first-order chi connectivity index (χ1) is 18.6. The number of rotatable bonds is 12. The Labute approximate surface area is 227 Å². The van der Waals surface area contributed by atoms with Crippen LogP contribution in [0, 0.1) is 12.8 Å². The summed E-state index contributed by atoms with van der Waals surface area (Å²) in [6, 6.07) is 15.2. The zero-order valence-electron chi connectivity index (χ0n) is 22.3. The van der Waals surface area contributed by atoms with Gasteiger partial charge in [-0.25, -0.2) is 9.69 Å². The van der Waals surface area contributed by atoms with Gasteiger partial charge in [0.15, 0.2) is 17.7 Å². The standard InChI is InChI=1S/C30H33NO8/c1-19-10-9-13-23(16-19)24(26(34)14-7-8-15-32)17-27(35)28(39-21(3)33)20(2)29(36)31-25(18-38-30(31)37)22-11-5-4-6-12-22/h4-6,9-13,16-17,20,25,28,32H,7-8,14-15,18H2,1-3H3/t20-,25+,28-/m1/s1. The van der Waals surface area contributed by atoms with Crippen LogP contribution in [0.3, 0.4) is 0 Å². The lowest BCUT2D eigenvalue weighted by Gasteiger charge is -2.27. The number of hydrogen-bond acceptors (Lipinski definition) is 8. The SMILES string of the molecule is CC(=O)O[C@@H](C(=O)C=C(C(=O)CCCCO)c1cccc(C)c1)[C@@H](C)C(=O)N1C(=O)OC[C@H]1c1ccccc1. The zero-order chi connectivity index (χ0) is 28.5. The van der Waals surface area contributed by atoms with Gasteiger partial charge < -0.3 is 14.6 Å². The fourth-order valence-corrected chi connectivity index (χ4v) is 4.41. The number of aliphatic hydroxyl groups excluding tert-OH is 1. The molecule has 0 bridgehead atoms. The van der Waals surface area contributed by atoms with Crippen molar-refractivity contribution in [3.63, 3.8) is 0 Å². The number of ketones is 2. The summed E-state index contributed by atoms with van der Waals surface area (Å²) in [5, 5.41) is 9.09. The molecule has 1 saturated heterocycles. The summed E-state index contributed by atoms with van der Waals surface area (Å²) in [5.74, 6) is -3.88. The number of ether oxygens (including phenoxy) is 2. The smallest absolute Gasteiger partial charge is 0.417 e. The molecule has 9 heteroatoms. The first-order valence-corrected chi connectivity index (χ1v) is 12.8.